The minimum Gasteiger partial charge on any atom is -0.456 e. The van der Waals surface area contributed by atoms with Crippen LogP contribution < -0.4 is 10.6 Å². The maximum atomic E-state index is 6.53. The second-order valence-corrected chi connectivity index (χ2v) is 15.6. The Morgan fingerprint density at radius 2 is 1.15 bits per heavy atom. The van der Waals surface area contributed by atoms with Gasteiger partial charge in [-0.3, -0.25) is 0 Å². The molecular formula is C59H44N2O. The van der Waals surface area contributed by atoms with Crippen molar-refractivity contribution in [2.24, 2.45) is 4.99 Å². The summed E-state index contributed by atoms with van der Waals surface area (Å²) >= 11 is 0. The van der Waals surface area contributed by atoms with Crippen LogP contribution in [0, 0.1) is 6.92 Å². The molecule has 0 aliphatic rings. The summed E-state index contributed by atoms with van der Waals surface area (Å²) in [6.45, 7) is 8.67. The zero-order valence-electron chi connectivity index (χ0n) is 34.8. The maximum absolute atomic E-state index is 6.53. The highest BCUT2D eigenvalue weighted by Gasteiger charge is 2.15. The summed E-state index contributed by atoms with van der Waals surface area (Å²) in [6.07, 6.45) is 8.09. The van der Waals surface area contributed by atoms with Gasteiger partial charge in [0.2, 0.25) is 0 Å². The molecule has 0 saturated carbocycles. The Balaban J connectivity index is 1.06. The molecule has 2 aromatic heterocycles. The molecule has 0 aliphatic carbocycles. The van der Waals surface area contributed by atoms with E-state index in [1.165, 1.54) is 38.5 Å². The Morgan fingerprint density at radius 1 is 0.548 bits per heavy atom. The normalized spacial score (nSPS) is 12.6. The quantitative estimate of drug-likeness (QED) is 0.134. The van der Waals surface area contributed by atoms with E-state index in [1.54, 1.807) is 0 Å². The topological polar surface area (TPSA) is 30.4 Å². The van der Waals surface area contributed by atoms with Gasteiger partial charge in [-0.2, -0.15) is 0 Å². The summed E-state index contributed by atoms with van der Waals surface area (Å²) in [7, 11) is 0. The van der Waals surface area contributed by atoms with Crippen molar-refractivity contribution in [1.29, 1.82) is 0 Å². The monoisotopic (exact) mass is 796 g/mol. The van der Waals surface area contributed by atoms with Gasteiger partial charge < -0.3 is 8.98 Å². The number of benzene rings is 8. The molecule has 296 valence electrons. The Hall–Kier alpha value is -8.01. The molecule has 0 bridgehead atoms. The van der Waals surface area contributed by atoms with Crippen molar-refractivity contribution in [2.45, 2.75) is 13.8 Å². The number of hydrogen-bond acceptors (Lipinski definition) is 2. The Morgan fingerprint density at radius 3 is 1.90 bits per heavy atom. The van der Waals surface area contributed by atoms with Gasteiger partial charge in [-0.1, -0.05) is 164 Å². The molecule has 0 amide bonds. The van der Waals surface area contributed by atoms with E-state index in [2.05, 4.69) is 218 Å². The minimum atomic E-state index is 0.626. The van der Waals surface area contributed by atoms with E-state index in [-0.39, 0.29) is 0 Å². The summed E-state index contributed by atoms with van der Waals surface area (Å²) in [5, 5.41) is 4.37. The molecule has 0 N–H and O–H groups in total. The van der Waals surface area contributed by atoms with E-state index in [4.69, 9.17) is 9.41 Å². The molecule has 2 heterocycles. The van der Waals surface area contributed by atoms with Crippen LogP contribution >= 0.6 is 0 Å². The minimum absolute atomic E-state index is 0.626. The Kier molecular flexibility index (Phi) is 10.2. The van der Waals surface area contributed by atoms with E-state index < -0.39 is 0 Å². The third-order valence-electron chi connectivity index (χ3n) is 11.6. The van der Waals surface area contributed by atoms with Crippen molar-refractivity contribution in [2.75, 3.05) is 0 Å². The molecule has 3 heteroatoms. The fourth-order valence-corrected chi connectivity index (χ4v) is 8.57. The largest absolute Gasteiger partial charge is 0.456 e. The van der Waals surface area contributed by atoms with Gasteiger partial charge in [0.1, 0.15) is 11.0 Å². The van der Waals surface area contributed by atoms with E-state index >= 15 is 0 Å². The van der Waals surface area contributed by atoms with E-state index in [1.807, 2.05) is 25.2 Å². The number of hydrogen-bond donors (Lipinski definition) is 0. The summed E-state index contributed by atoms with van der Waals surface area (Å²) in [6, 6.07) is 68.8. The summed E-state index contributed by atoms with van der Waals surface area (Å²) < 4.78 is 8.88. The van der Waals surface area contributed by atoms with Crippen LogP contribution in [0.15, 0.2) is 228 Å². The first-order valence-corrected chi connectivity index (χ1v) is 21.1. The van der Waals surface area contributed by atoms with Gasteiger partial charge in [0.05, 0.1) is 22.4 Å². The fraction of sp³-hybridized carbons (Fsp3) is 0.0339. The Labute approximate surface area is 361 Å². The lowest BCUT2D eigenvalue weighted by molar-refractivity contribution is 0.575. The highest BCUT2D eigenvalue weighted by Crippen LogP contribution is 2.35. The van der Waals surface area contributed by atoms with Gasteiger partial charge in [0.25, 0.3) is 0 Å². The van der Waals surface area contributed by atoms with Crippen LogP contribution in [0.25, 0.3) is 84.0 Å². The number of aliphatic imine (C=N–C) groups is 1. The van der Waals surface area contributed by atoms with Gasteiger partial charge in [0, 0.05) is 38.2 Å². The number of fused-ring (bicyclic) bond motifs is 4. The molecule has 0 spiro atoms. The van der Waals surface area contributed by atoms with Crippen molar-refractivity contribution in [3.8, 4) is 39.1 Å². The van der Waals surface area contributed by atoms with Gasteiger partial charge in [-0.25, -0.2) is 4.99 Å². The lowest BCUT2D eigenvalue weighted by Gasteiger charge is -2.12. The summed E-state index contributed by atoms with van der Waals surface area (Å²) in [5.74, 6) is 0. The molecule has 8 aromatic carbocycles. The average Bonchev–Trinajstić information content (AvgIpc) is 3.85. The molecule has 62 heavy (non-hydrogen) atoms. The number of nitrogens with zero attached hydrogens (tertiary/aromatic N) is 2. The van der Waals surface area contributed by atoms with Crippen LogP contribution in [0.4, 0.5) is 0 Å². The molecular weight excluding hydrogens is 753 g/mol. The molecule has 0 aliphatic heterocycles. The number of aryl methyl sites for hydroxylation is 1. The molecule has 0 fully saturated rings. The second kappa shape index (κ2) is 16.6. The van der Waals surface area contributed by atoms with Crippen LogP contribution in [-0.4, -0.2) is 10.3 Å². The van der Waals surface area contributed by atoms with Gasteiger partial charge in [0.15, 0.2) is 0 Å². The van der Waals surface area contributed by atoms with Crippen LogP contribution in [0.1, 0.15) is 23.6 Å². The third-order valence-corrected chi connectivity index (χ3v) is 11.6. The number of rotatable bonds is 9. The van der Waals surface area contributed by atoms with Crippen LogP contribution in [0.5, 0.6) is 0 Å². The number of para-hydroxylation sites is 2. The highest BCUT2D eigenvalue weighted by atomic mass is 16.3. The molecule has 0 atom stereocenters. The zero-order valence-corrected chi connectivity index (χ0v) is 34.8. The number of aromatic nitrogens is 1. The lowest BCUT2D eigenvalue weighted by atomic mass is 9.95. The number of furan rings is 1. The van der Waals surface area contributed by atoms with Crippen molar-refractivity contribution >= 4 is 50.6 Å². The van der Waals surface area contributed by atoms with Crippen molar-refractivity contribution in [3.05, 3.63) is 246 Å². The molecule has 0 unspecified atom stereocenters. The average molecular weight is 797 g/mol. The predicted molar refractivity (Wildman–Crippen MR) is 262 cm³/mol. The third kappa shape index (κ3) is 7.31. The zero-order chi connectivity index (χ0) is 42.0. The molecule has 10 aromatic rings. The summed E-state index contributed by atoms with van der Waals surface area (Å²) in [4.78, 5) is 5.30. The summed E-state index contributed by atoms with van der Waals surface area (Å²) in [5.41, 5.74) is 16.7. The second-order valence-electron chi connectivity index (χ2n) is 15.6. The standard InChI is InChI=1S/C59H44N2O/c1-4-5-27-57-53(54-39-48(33-35-58(54)62-57)47-32-34-56-52(38-47)51-25-14-15-26-55(51)61(56)49-22-10-7-11-23-49)36-41(3)60-59(50-24-13-12-17-40(50)2)44-30-28-43(29-31-44)46-21-16-20-45(37-46)42-18-8-6-9-19-42/h4-39H,3H2,1-2H3/b5-4-,53-36?,57-27+,60-59?. The van der Waals surface area contributed by atoms with Gasteiger partial charge in [-0.05, 0) is 113 Å². The Bertz CT molecular complexity index is 3470. The fourth-order valence-electron chi connectivity index (χ4n) is 8.57. The van der Waals surface area contributed by atoms with Crippen molar-refractivity contribution < 1.29 is 4.42 Å². The van der Waals surface area contributed by atoms with E-state index in [9.17, 15) is 0 Å². The SMILES string of the molecule is C=C(C=c1/c(=C\C=C/C)oc2ccc(-c3ccc4c(c3)c3ccccc3n4-c3ccccc3)cc12)N=C(c1ccc(-c2cccc(-c3ccccc3)c2)cc1)c1ccccc1C. The van der Waals surface area contributed by atoms with Crippen molar-refractivity contribution in [3.63, 3.8) is 0 Å². The predicted octanol–water partition coefficient (Wildman–Crippen LogP) is 14.0. The number of allylic oxidation sites excluding steroid dienone is 3. The van der Waals surface area contributed by atoms with Crippen molar-refractivity contribution in [1.82, 2.24) is 4.57 Å². The first-order valence-electron chi connectivity index (χ1n) is 21.1. The van der Waals surface area contributed by atoms with Gasteiger partial charge >= 0.3 is 0 Å². The highest BCUT2D eigenvalue weighted by molar-refractivity contribution is 6.15. The van der Waals surface area contributed by atoms with Crippen LogP contribution in [0.3, 0.4) is 0 Å². The van der Waals surface area contributed by atoms with Gasteiger partial charge in [-0.15, -0.1) is 0 Å². The van der Waals surface area contributed by atoms with E-state index in [0.717, 1.165) is 66.4 Å². The van der Waals surface area contributed by atoms with E-state index in [0.29, 0.717) is 5.70 Å². The van der Waals surface area contributed by atoms with Crippen LogP contribution in [0.2, 0.25) is 0 Å². The smallest absolute Gasteiger partial charge is 0.135 e. The van der Waals surface area contributed by atoms with Crippen LogP contribution in [-0.2, 0) is 0 Å². The molecule has 0 saturated heterocycles. The molecule has 0 radical (unpaired) electrons. The lowest BCUT2D eigenvalue weighted by Crippen LogP contribution is -2.20. The molecule has 3 nitrogen and oxygen atoms in total. The first-order chi connectivity index (χ1) is 30.5. The first kappa shape index (κ1) is 38.2. The molecule has 10 rings (SSSR count). The maximum Gasteiger partial charge on any atom is 0.135 e.